The summed E-state index contributed by atoms with van der Waals surface area (Å²) >= 11 is 1.72. The maximum Gasteiger partial charge on any atom is 0.119 e. The summed E-state index contributed by atoms with van der Waals surface area (Å²) in [5.41, 5.74) is 1.32. The maximum absolute atomic E-state index is 5.89. The van der Waals surface area contributed by atoms with E-state index in [1.807, 2.05) is 7.05 Å². The minimum atomic E-state index is 0.142. The van der Waals surface area contributed by atoms with Gasteiger partial charge in [-0.1, -0.05) is 20.8 Å². The van der Waals surface area contributed by atoms with E-state index < -0.39 is 0 Å². The molecular weight excluding hydrogens is 244 g/mol. The molecule has 2 rings (SSSR count). The van der Waals surface area contributed by atoms with Crippen molar-refractivity contribution in [3.63, 3.8) is 0 Å². The van der Waals surface area contributed by atoms with Crippen LogP contribution in [0.5, 0.6) is 0 Å². The fraction of sp³-hybridized carbons (Fsp3) is 0.786. The minimum absolute atomic E-state index is 0.142. The quantitative estimate of drug-likeness (QED) is 0.891. The van der Waals surface area contributed by atoms with Crippen molar-refractivity contribution in [3.8, 4) is 0 Å². The highest BCUT2D eigenvalue weighted by atomic mass is 32.1. The lowest BCUT2D eigenvalue weighted by Crippen LogP contribution is -2.36. The molecule has 0 saturated heterocycles. The Balaban J connectivity index is 1.73. The molecule has 0 atom stereocenters. The van der Waals surface area contributed by atoms with Gasteiger partial charge in [0.25, 0.3) is 0 Å². The lowest BCUT2D eigenvalue weighted by molar-refractivity contribution is -0.0392. The summed E-state index contributed by atoms with van der Waals surface area (Å²) in [7, 11) is 2.01. The summed E-state index contributed by atoms with van der Waals surface area (Å²) in [6.07, 6.45) is 2.83. The Bertz CT molecular complexity index is 377. The van der Waals surface area contributed by atoms with E-state index >= 15 is 0 Å². The molecule has 1 heterocycles. The second kappa shape index (κ2) is 5.68. The average molecular weight is 268 g/mol. The Morgan fingerprint density at radius 1 is 1.44 bits per heavy atom. The summed E-state index contributed by atoms with van der Waals surface area (Å²) < 4.78 is 5.89. The monoisotopic (exact) mass is 268 g/mol. The van der Waals surface area contributed by atoms with E-state index in [1.165, 1.54) is 18.5 Å². The molecule has 0 amide bonds. The first-order valence-corrected chi connectivity index (χ1v) is 7.58. The summed E-state index contributed by atoms with van der Waals surface area (Å²) in [6, 6.07) is 0. The standard InChI is InChI=1S/C14H24N2OS/c1-14(2,3)12-9-18-13(16-12)8-17-11-5-10(6-11)7-15-4/h9-11,15H,5-8H2,1-4H3. The Labute approximate surface area is 114 Å². The van der Waals surface area contributed by atoms with Crippen LogP contribution in [-0.4, -0.2) is 24.7 Å². The average Bonchev–Trinajstić information content (AvgIpc) is 2.69. The van der Waals surface area contributed by atoms with Crippen molar-refractivity contribution in [2.24, 2.45) is 5.92 Å². The van der Waals surface area contributed by atoms with E-state index in [2.05, 4.69) is 36.5 Å². The van der Waals surface area contributed by atoms with Crippen LogP contribution in [0.3, 0.4) is 0 Å². The molecule has 0 radical (unpaired) electrons. The fourth-order valence-electron chi connectivity index (χ4n) is 2.18. The molecule has 1 aliphatic carbocycles. The van der Waals surface area contributed by atoms with Gasteiger partial charge in [0.2, 0.25) is 0 Å². The van der Waals surface area contributed by atoms with Gasteiger partial charge >= 0.3 is 0 Å². The molecule has 1 aromatic heterocycles. The fourth-order valence-corrected chi connectivity index (χ4v) is 3.12. The zero-order valence-electron chi connectivity index (χ0n) is 11.8. The highest BCUT2D eigenvalue weighted by molar-refractivity contribution is 7.09. The van der Waals surface area contributed by atoms with Gasteiger partial charge in [-0.3, -0.25) is 0 Å². The van der Waals surface area contributed by atoms with Crippen molar-refractivity contribution in [1.29, 1.82) is 0 Å². The SMILES string of the molecule is CNCC1CC(OCc2nc(C(C)(C)C)cs2)C1. The van der Waals surface area contributed by atoms with E-state index in [1.54, 1.807) is 11.3 Å². The molecule has 0 aromatic carbocycles. The lowest BCUT2D eigenvalue weighted by atomic mass is 9.82. The summed E-state index contributed by atoms with van der Waals surface area (Å²) in [6.45, 7) is 8.38. The highest BCUT2D eigenvalue weighted by Gasteiger charge is 2.29. The Hall–Kier alpha value is -0.450. The zero-order chi connectivity index (χ0) is 13.2. The molecule has 1 aliphatic rings. The van der Waals surface area contributed by atoms with Crippen molar-refractivity contribution in [3.05, 3.63) is 16.1 Å². The number of nitrogens with zero attached hydrogens (tertiary/aromatic N) is 1. The second-order valence-corrected chi connectivity index (χ2v) is 7.15. The Morgan fingerprint density at radius 2 is 2.17 bits per heavy atom. The van der Waals surface area contributed by atoms with E-state index in [0.717, 1.165) is 17.5 Å². The Kier molecular flexibility index (Phi) is 4.41. The number of rotatable bonds is 5. The number of hydrogen-bond acceptors (Lipinski definition) is 4. The van der Waals surface area contributed by atoms with Gasteiger partial charge in [0.05, 0.1) is 18.4 Å². The van der Waals surface area contributed by atoms with E-state index in [4.69, 9.17) is 4.74 Å². The molecule has 102 valence electrons. The molecular formula is C14H24N2OS. The van der Waals surface area contributed by atoms with Gasteiger partial charge in [0, 0.05) is 10.8 Å². The number of aromatic nitrogens is 1. The van der Waals surface area contributed by atoms with Gasteiger partial charge < -0.3 is 10.1 Å². The van der Waals surface area contributed by atoms with Gasteiger partial charge in [-0.2, -0.15) is 0 Å². The van der Waals surface area contributed by atoms with Crippen molar-refractivity contribution >= 4 is 11.3 Å². The molecule has 0 bridgehead atoms. The molecule has 1 saturated carbocycles. The highest BCUT2D eigenvalue weighted by Crippen LogP contribution is 2.31. The van der Waals surface area contributed by atoms with Crippen LogP contribution in [0.15, 0.2) is 5.38 Å². The number of ether oxygens (including phenoxy) is 1. The Morgan fingerprint density at radius 3 is 2.72 bits per heavy atom. The molecule has 1 aromatic rings. The third-order valence-corrected chi connectivity index (χ3v) is 4.27. The first kappa shape index (κ1) is 14.0. The molecule has 1 fully saturated rings. The summed E-state index contributed by atoms with van der Waals surface area (Å²) in [4.78, 5) is 4.65. The van der Waals surface area contributed by atoms with Crippen molar-refractivity contribution in [2.45, 2.75) is 51.7 Å². The van der Waals surface area contributed by atoms with Crippen LogP contribution in [0.25, 0.3) is 0 Å². The predicted octanol–water partition coefficient (Wildman–Crippen LogP) is 2.96. The first-order chi connectivity index (χ1) is 8.49. The number of hydrogen-bond donors (Lipinski definition) is 1. The van der Waals surface area contributed by atoms with E-state index in [-0.39, 0.29) is 5.41 Å². The summed E-state index contributed by atoms with van der Waals surface area (Å²) in [5.74, 6) is 0.807. The van der Waals surface area contributed by atoms with E-state index in [9.17, 15) is 0 Å². The van der Waals surface area contributed by atoms with Crippen LogP contribution < -0.4 is 5.32 Å². The van der Waals surface area contributed by atoms with Crippen molar-refractivity contribution in [1.82, 2.24) is 10.3 Å². The predicted molar refractivity (Wildman–Crippen MR) is 76.0 cm³/mol. The van der Waals surface area contributed by atoms with Crippen LogP contribution in [0.4, 0.5) is 0 Å². The topological polar surface area (TPSA) is 34.1 Å². The smallest absolute Gasteiger partial charge is 0.119 e. The van der Waals surface area contributed by atoms with Gasteiger partial charge in [-0.15, -0.1) is 11.3 Å². The molecule has 0 spiro atoms. The van der Waals surface area contributed by atoms with Gasteiger partial charge in [-0.25, -0.2) is 4.98 Å². The van der Waals surface area contributed by atoms with E-state index in [0.29, 0.717) is 12.7 Å². The van der Waals surface area contributed by atoms with Crippen LogP contribution >= 0.6 is 11.3 Å². The molecule has 3 nitrogen and oxygen atoms in total. The van der Waals surface area contributed by atoms with Crippen LogP contribution in [-0.2, 0) is 16.8 Å². The first-order valence-electron chi connectivity index (χ1n) is 6.70. The van der Waals surface area contributed by atoms with Crippen molar-refractivity contribution in [2.75, 3.05) is 13.6 Å². The van der Waals surface area contributed by atoms with Crippen molar-refractivity contribution < 1.29 is 4.74 Å². The maximum atomic E-state index is 5.89. The third-order valence-electron chi connectivity index (χ3n) is 3.45. The lowest BCUT2D eigenvalue weighted by Gasteiger charge is -2.34. The normalized spacial score (nSPS) is 24.0. The largest absolute Gasteiger partial charge is 0.371 e. The van der Waals surface area contributed by atoms with Crippen LogP contribution in [0.1, 0.15) is 44.3 Å². The third kappa shape index (κ3) is 3.53. The molecule has 4 heteroatoms. The summed E-state index contributed by atoms with van der Waals surface area (Å²) in [5, 5.41) is 6.48. The minimum Gasteiger partial charge on any atom is -0.371 e. The number of nitrogens with one attached hydrogen (secondary N) is 1. The van der Waals surface area contributed by atoms with Crippen LogP contribution in [0, 0.1) is 5.92 Å². The molecule has 0 aliphatic heterocycles. The molecule has 0 unspecified atom stereocenters. The molecule has 1 N–H and O–H groups in total. The van der Waals surface area contributed by atoms with Gasteiger partial charge in [0.1, 0.15) is 5.01 Å². The van der Waals surface area contributed by atoms with Gasteiger partial charge in [0.15, 0.2) is 0 Å². The molecule has 18 heavy (non-hydrogen) atoms. The zero-order valence-corrected chi connectivity index (χ0v) is 12.6. The number of thiazole rings is 1. The second-order valence-electron chi connectivity index (χ2n) is 6.20. The van der Waals surface area contributed by atoms with Crippen LogP contribution in [0.2, 0.25) is 0 Å². The van der Waals surface area contributed by atoms with Gasteiger partial charge in [-0.05, 0) is 32.4 Å².